The molecule has 6 nitrogen and oxygen atoms in total. The Morgan fingerprint density at radius 1 is 1.35 bits per heavy atom. The Labute approximate surface area is 113 Å². The minimum Gasteiger partial charge on any atom is -0.373 e. The number of halogens is 3. The number of alkyl halides is 3. The molecule has 2 rings (SSSR count). The van der Waals surface area contributed by atoms with Crippen LogP contribution < -0.4 is 5.32 Å². The molecule has 0 saturated carbocycles. The molecule has 0 atom stereocenters. The summed E-state index contributed by atoms with van der Waals surface area (Å²) in [5.74, 6) is -1.60. The Morgan fingerprint density at radius 3 is 2.55 bits per heavy atom. The van der Waals surface area contributed by atoms with E-state index in [-0.39, 0.29) is 10.4 Å². The van der Waals surface area contributed by atoms with Gasteiger partial charge < -0.3 is 5.32 Å². The van der Waals surface area contributed by atoms with Gasteiger partial charge in [-0.3, -0.25) is 19.7 Å². The zero-order valence-electron chi connectivity index (χ0n) is 9.48. The van der Waals surface area contributed by atoms with Crippen molar-refractivity contribution in [1.82, 2.24) is 5.32 Å². The third kappa shape index (κ3) is 2.69. The zero-order valence-corrected chi connectivity index (χ0v) is 10.3. The maximum atomic E-state index is 12.1. The molecule has 10 heteroatoms. The Balaban J connectivity index is 2.30. The molecule has 0 aliphatic heterocycles. The molecule has 0 spiro atoms. The molecule has 1 aromatic heterocycles. The van der Waals surface area contributed by atoms with E-state index in [2.05, 4.69) is 0 Å². The van der Waals surface area contributed by atoms with Gasteiger partial charge in [0.2, 0.25) is 5.78 Å². The van der Waals surface area contributed by atoms with Crippen LogP contribution >= 0.6 is 11.3 Å². The quantitative estimate of drug-likeness (QED) is 0.682. The maximum absolute atomic E-state index is 12.1. The van der Waals surface area contributed by atoms with E-state index in [1.165, 1.54) is 0 Å². The summed E-state index contributed by atoms with van der Waals surface area (Å²) in [6, 6.07) is 0.891. The van der Waals surface area contributed by atoms with Crippen LogP contribution in [0.2, 0.25) is 0 Å². The van der Waals surface area contributed by atoms with E-state index in [1.54, 1.807) is 0 Å². The summed E-state index contributed by atoms with van der Waals surface area (Å²) in [5, 5.41) is 12.0. The molecule has 1 aromatic rings. The minimum absolute atomic E-state index is 0.140. The first-order valence-corrected chi connectivity index (χ1v) is 5.90. The van der Waals surface area contributed by atoms with Crippen molar-refractivity contribution in [2.24, 2.45) is 0 Å². The Kier molecular flexibility index (Phi) is 3.34. The number of carbonyl (C=O) groups excluding carboxylic acids is 2. The Bertz CT molecular complexity index is 647. The number of nitro groups is 1. The SMILES string of the molecule is O=C1C(NCC(F)(F)F)=CC(=O)c2sc([N+](=O)[O-])cc21. The second-order valence-corrected chi connectivity index (χ2v) is 4.84. The number of fused-ring (bicyclic) bond motifs is 1. The van der Waals surface area contributed by atoms with Crippen LogP contribution in [0.3, 0.4) is 0 Å². The molecule has 0 unspecified atom stereocenters. The van der Waals surface area contributed by atoms with E-state index in [4.69, 9.17) is 0 Å². The van der Waals surface area contributed by atoms with Crippen LogP contribution in [0.1, 0.15) is 20.0 Å². The summed E-state index contributed by atoms with van der Waals surface area (Å²) < 4.78 is 36.2. The number of carbonyl (C=O) groups is 2. The third-order valence-corrected chi connectivity index (χ3v) is 3.47. The molecule has 0 fully saturated rings. The number of hydrogen-bond donors (Lipinski definition) is 1. The highest BCUT2D eigenvalue weighted by Crippen LogP contribution is 2.33. The smallest absolute Gasteiger partial charge is 0.373 e. The van der Waals surface area contributed by atoms with Gasteiger partial charge in [0.15, 0.2) is 5.78 Å². The molecule has 1 heterocycles. The van der Waals surface area contributed by atoms with E-state index in [0.29, 0.717) is 11.3 Å². The molecule has 1 aliphatic carbocycles. The number of ketones is 2. The average molecular weight is 306 g/mol. The van der Waals surface area contributed by atoms with Crippen molar-refractivity contribution in [2.75, 3.05) is 6.54 Å². The first-order chi connectivity index (χ1) is 9.19. The summed E-state index contributed by atoms with van der Waals surface area (Å²) in [7, 11) is 0. The van der Waals surface area contributed by atoms with Gasteiger partial charge in [-0.05, 0) is 0 Å². The molecular weight excluding hydrogens is 301 g/mol. The van der Waals surface area contributed by atoms with Gasteiger partial charge in [0.25, 0.3) is 0 Å². The molecule has 1 N–H and O–H groups in total. The zero-order chi connectivity index (χ0) is 15.1. The van der Waals surface area contributed by atoms with Crippen molar-refractivity contribution in [1.29, 1.82) is 0 Å². The van der Waals surface area contributed by atoms with Gasteiger partial charge in [0.1, 0.15) is 6.54 Å². The highest BCUT2D eigenvalue weighted by molar-refractivity contribution is 7.17. The molecule has 106 valence electrons. The number of allylic oxidation sites excluding steroid dienone is 2. The van der Waals surface area contributed by atoms with E-state index in [0.717, 1.165) is 12.1 Å². The van der Waals surface area contributed by atoms with Gasteiger partial charge in [-0.2, -0.15) is 13.2 Å². The molecule has 0 bridgehead atoms. The van der Waals surface area contributed by atoms with Gasteiger partial charge in [0.05, 0.1) is 21.1 Å². The van der Waals surface area contributed by atoms with Crippen molar-refractivity contribution in [3.05, 3.63) is 38.4 Å². The van der Waals surface area contributed by atoms with E-state index in [1.807, 2.05) is 5.32 Å². The van der Waals surface area contributed by atoms with Crippen molar-refractivity contribution in [3.63, 3.8) is 0 Å². The van der Waals surface area contributed by atoms with E-state index in [9.17, 15) is 32.9 Å². The lowest BCUT2D eigenvalue weighted by atomic mass is 10.0. The average Bonchev–Trinajstić information content (AvgIpc) is 2.76. The highest BCUT2D eigenvalue weighted by Gasteiger charge is 2.33. The molecule has 0 amide bonds. The fourth-order valence-corrected chi connectivity index (χ4v) is 2.44. The van der Waals surface area contributed by atoms with Crippen LogP contribution in [0.15, 0.2) is 17.8 Å². The van der Waals surface area contributed by atoms with Crippen molar-refractivity contribution in [3.8, 4) is 0 Å². The largest absolute Gasteiger partial charge is 0.405 e. The van der Waals surface area contributed by atoms with Crippen LogP contribution in [0.25, 0.3) is 0 Å². The Hall–Kier alpha value is -2.23. The second kappa shape index (κ2) is 4.71. The van der Waals surface area contributed by atoms with Gasteiger partial charge in [-0.25, -0.2) is 0 Å². The molecular formula is C10H5F3N2O4S. The monoisotopic (exact) mass is 306 g/mol. The minimum atomic E-state index is -4.55. The van der Waals surface area contributed by atoms with Crippen LogP contribution in [-0.4, -0.2) is 29.2 Å². The number of thiophene rings is 1. The number of nitrogens with zero attached hydrogens (tertiary/aromatic N) is 1. The maximum Gasteiger partial charge on any atom is 0.405 e. The van der Waals surface area contributed by atoms with Crippen LogP contribution in [0, 0.1) is 10.1 Å². The standard InChI is InChI=1S/C10H5F3N2O4S/c11-10(12,13)3-14-5-2-6(16)9-4(8(5)17)1-7(20-9)15(18)19/h1-2,14H,3H2. The van der Waals surface area contributed by atoms with Crippen LogP contribution in [0.4, 0.5) is 18.2 Å². The predicted molar refractivity (Wildman–Crippen MR) is 61.8 cm³/mol. The van der Waals surface area contributed by atoms with E-state index < -0.39 is 39.9 Å². The summed E-state index contributed by atoms with van der Waals surface area (Å²) in [6.45, 7) is -1.47. The highest BCUT2D eigenvalue weighted by atomic mass is 32.1. The first kappa shape index (κ1) is 14.2. The lowest BCUT2D eigenvalue weighted by Crippen LogP contribution is -2.33. The van der Waals surface area contributed by atoms with Crippen molar-refractivity contribution < 1.29 is 27.7 Å². The van der Waals surface area contributed by atoms with Crippen LogP contribution in [0.5, 0.6) is 0 Å². The molecule has 20 heavy (non-hydrogen) atoms. The fourth-order valence-electron chi connectivity index (χ4n) is 1.55. The number of nitrogens with one attached hydrogen (secondary N) is 1. The first-order valence-electron chi connectivity index (χ1n) is 5.08. The topological polar surface area (TPSA) is 89.3 Å². The predicted octanol–water partition coefficient (Wildman–Crippen LogP) is 2.07. The third-order valence-electron chi connectivity index (χ3n) is 2.37. The van der Waals surface area contributed by atoms with Crippen LogP contribution in [-0.2, 0) is 0 Å². The normalized spacial score (nSPS) is 14.8. The van der Waals surface area contributed by atoms with Gasteiger partial charge in [-0.15, -0.1) is 0 Å². The second-order valence-electron chi connectivity index (χ2n) is 3.80. The Morgan fingerprint density at radius 2 is 2.00 bits per heavy atom. The summed E-state index contributed by atoms with van der Waals surface area (Å²) >= 11 is 0.517. The number of hydrogen-bond acceptors (Lipinski definition) is 6. The fraction of sp³-hybridized carbons (Fsp3) is 0.200. The van der Waals surface area contributed by atoms with Gasteiger partial charge in [-0.1, -0.05) is 11.3 Å². The lowest BCUT2D eigenvalue weighted by molar-refractivity contribution is -0.380. The summed E-state index contributed by atoms with van der Waals surface area (Å²) in [6.07, 6.45) is -3.83. The number of rotatable bonds is 3. The van der Waals surface area contributed by atoms with Gasteiger partial charge in [0, 0.05) is 12.1 Å². The van der Waals surface area contributed by atoms with Gasteiger partial charge >= 0.3 is 11.2 Å². The molecule has 0 aromatic carbocycles. The summed E-state index contributed by atoms with van der Waals surface area (Å²) in [4.78, 5) is 33.2. The number of Topliss-reactive ketones (excluding diaryl/α,β-unsaturated/α-hetero) is 1. The van der Waals surface area contributed by atoms with Crippen molar-refractivity contribution >= 4 is 27.9 Å². The molecule has 0 radical (unpaired) electrons. The van der Waals surface area contributed by atoms with E-state index >= 15 is 0 Å². The van der Waals surface area contributed by atoms with Crippen molar-refractivity contribution in [2.45, 2.75) is 6.18 Å². The molecule has 0 saturated heterocycles. The molecule has 1 aliphatic rings. The lowest BCUT2D eigenvalue weighted by Gasteiger charge is -2.14. The summed E-state index contributed by atoms with van der Waals surface area (Å²) in [5.41, 5.74) is -0.772.